The zero-order valence-electron chi connectivity index (χ0n) is 33.8. The number of guanidine groups is 1. The monoisotopic (exact) mass is 769 g/mol. The minimum atomic E-state index is -1.42. The van der Waals surface area contributed by atoms with Crippen molar-refractivity contribution in [1.29, 1.82) is 0 Å². The van der Waals surface area contributed by atoms with Crippen LogP contribution in [0.25, 0.3) is 10.9 Å². The topological polar surface area (TPSA) is 143 Å². The van der Waals surface area contributed by atoms with Gasteiger partial charge in [-0.05, 0) is 148 Å². The van der Waals surface area contributed by atoms with Gasteiger partial charge in [-0.2, -0.15) is 0 Å². The number of para-hydroxylation sites is 1. The summed E-state index contributed by atoms with van der Waals surface area (Å²) in [6, 6.07) is 15.1. The number of nitrogens with zero attached hydrogens (tertiary/aromatic N) is 1. The van der Waals surface area contributed by atoms with Gasteiger partial charge >= 0.3 is 0 Å². The van der Waals surface area contributed by atoms with E-state index < -0.39 is 23.3 Å². The van der Waals surface area contributed by atoms with E-state index in [0.717, 1.165) is 70.6 Å². The van der Waals surface area contributed by atoms with Gasteiger partial charge in [-0.25, -0.2) is 0 Å². The summed E-state index contributed by atoms with van der Waals surface area (Å²) < 4.78 is 0. The third kappa shape index (κ3) is 5.26. The van der Waals surface area contributed by atoms with Crippen LogP contribution in [0.2, 0.25) is 0 Å². The number of aromatic amines is 2. The fourth-order valence-corrected chi connectivity index (χ4v) is 16.2. The molecule has 57 heavy (non-hydrogen) atoms. The smallest absolute Gasteiger partial charge is 0.189 e. The molecule has 7 saturated carbocycles. The highest BCUT2D eigenvalue weighted by molar-refractivity contribution is 5.80. The number of rotatable bonds is 5. The summed E-state index contributed by atoms with van der Waals surface area (Å²) in [6.07, 6.45) is 18.0. The van der Waals surface area contributed by atoms with Gasteiger partial charge in [0.25, 0.3) is 0 Å². The second kappa shape index (κ2) is 13.2. The number of aliphatic hydroxyl groups is 3. The van der Waals surface area contributed by atoms with Gasteiger partial charge < -0.3 is 36.3 Å². The number of aliphatic imine (C=N–C) groups is 1. The van der Waals surface area contributed by atoms with E-state index in [1.165, 1.54) is 48.0 Å². The Hall–Kier alpha value is -3.51. The van der Waals surface area contributed by atoms with Crippen LogP contribution in [0.15, 0.2) is 64.8 Å². The summed E-state index contributed by atoms with van der Waals surface area (Å²) in [5.41, 5.74) is 10.9. The summed E-state index contributed by atoms with van der Waals surface area (Å²) in [5.74, 6) is 9.25. The highest BCUT2D eigenvalue weighted by Gasteiger charge is 2.74. The van der Waals surface area contributed by atoms with Crippen molar-refractivity contribution >= 4 is 16.9 Å². The molecule has 0 aliphatic heterocycles. The lowest BCUT2D eigenvalue weighted by molar-refractivity contribution is -0.142. The molecule has 13 atom stereocenters. The van der Waals surface area contributed by atoms with Crippen LogP contribution >= 0.6 is 0 Å². The van der Waals surface area contributed by atoms with Crippen LogP contribution < -0.4 is 11.1 Å². The van der Waals surface area contributed by atoms with Crippen LogP contribution in [0, 0.1) is 64.1 Å². The number of nitrogens with one attached hydrogen (secondary N) is 3. The van der Waals surface area contributed by atoms with Crippen molar-refractivity contribution in [1.82, 2.24) is 15.3 Å². The van der Waals surface area contributed by atoms with E-state index >= 15 is 0 Å². The zero-order valence-corrected chi connectivity index (χ0v) is 33.8. The van der Waals surface area contributed by atoms with E-state index in [-0.39, 0.29) is 52.8 Å². The Morgan fingerprint density at radius 1 is 0.930 bits per heavy atom. The Kier molecular flexibility index (Phi) is 8.50. The van der Waals surface area contributed by atoms with Crippen molar-refractivity contribution < 1.29 is 15.3 Å². The molecule has 9 aliphatic carbocycles. The van der Waals surface area contributed by atoms with Crippen molar-refractivity contribution in [3.63, 3.8) is 0 Å². The molecule has 2 heterocycles. The van der Waals surface area contributed by atoms with Crippen molar-refractivity contribution in [2.75, 3.05) is 7.05 Å². The molecule has 8 N–H and O–H groups in total. The van der Waals surface area contributed by atoms with E-state index in [2.05, 4.69) is 80.8 Å². The SMILES string of the molecule is CN=C(N)NC1C#CC2CC34CCC(C3)C(c3ccc[nH]3)CCC4=C(Cc3cc4ccccc4[nH]3)C23CC2CCC3C3C(CC(O)C3(O)C1)C2(O)C1CCCCC1. The molecule has 12 rings (SSSR count). The number of aromatic nitrogens is 2. The van der Waals surface area contributed by atoms with Crippen molar-refractivity contribution in [3.05, 3.63) is 71.2 Å². The average molecular weight is 770 g/mol. The fourth-order valence-electron chi connectivity index (χ4n) is 16.2. The maximum absolute atomic E-state index is 13.9. The van der Waals surface area contributed by atoms with E-state index in [1.54, 1.807) is 18.2 Å². The first-order valence-electron chi connectivity index (χ1n) is 22.7. The average Bonchev–Trinajstić information content (AvgIpc) is 4.00. The summed E-state index contributed by atoms with van der Waals surface area (Å²) >= 11 is 0. The van der Waals surface area contributed by atoms with Crippen LogP contribution in [0.3, 0.4) is 0 Å². The van der Waals surface area contributed by atoms with Crippen LogP contribution in [0.4, 0.5) is 0 Å². The van der Waals surface area contributed by atoms with E-state index in [1.807, 2.05) is 0 Å². The number of allylic oxidation sites excluding steroid dienone is 2. The first-order valence-corrected chi connectivity index (χ1v) is 22.7. The lowest BCUT2D eigenvalue weighted by atomic mass is 9.44. The summed E-state index contributed by atoms with van der Waals surface area (Å²) in [6.45, 7) is 0. The normalized spacial score (nSPS) is 43.9. The number of hydrogen-bond donors (Lipinski definition) is 7. The molecule has 6 bridgehead atoms. The fraction of sp³-hybridized carbons (Fsp3) is 0.653. The van der Waals surface area contributed by atoms with E-state index in [9.17, 15) is 15.3 Å². The Bertz CT molecular complexity index is 2120. The quantitative estimate of drug-likeness (QED) is 0.0624. The van der Waals surface area contributed by atoms with Crippen LogP contribution in [-0.2, 0) is 6.42 Å². The maximum atomic E-state index is 13.9. The number of fused-ring (bicyclic) bond motifs is 3. The highest BCUT2D eigenvalue weighted by atomic mass is 16.3. The molecule has 1 aromatic carbocycles. The second-order valence-electron chi connectivity index (χ2n) is 20.3. The molecule has 0 amide bonds. The first kappa shape index (κ1) is 36.6. The Labute approximate surface area is 338 Å². The summed E-state index contributed by atoms with van der Waals surface area (Å²) in [5, 5.41) is 44.3. The van der Waals surface area contributed by atoms with E-state index in [4.69, 9.17) is 5.73 Å². The molecule has 0 saturated heterocycles. The molecule has 9 aliphatic rings. The Balaban J connectivity index is 1.17. The molecule has 302 valence electrons. The van der Waals surface area contributed by atoms with Gasteiger partial charge in [-0.15, -0.1) is 0 Å². The molecule has 13 unspecified atom stereocenters. The predicted octanol–water partition coefficient (Wildman–Crippen LogP) is 7.48. The molecule has 3 aromatic rings. The third-order valence-corrected chi connectivity index (χ3v) is 18.3. The summed E-state index contributed by atoms with van der Waals surface area (Å²) in [4.78, 5) is 11.8. The molecule has 8 heteroatoms. The predicted molar refractivity (Wildman–Crippen MR) is 224 cm³/mol. The number of H-pyrrole nitrogens is 2. The summed E-state index contributed by atoms with van der Waals surface area (Å²) in [7, 11) is 1.68. The molecular formula is C49H63N5O3. The molecule has 8 nitrogen and oxygen atoms in total. The molecule has 2 aromatic heterocycles. The first-order chi connectivity index (χ1) is 27.7. The van der Waals surface area contributed by atoms with Crippen molar-refractivity contribution in [2.45, 2.75) is 138 Å². The lowest BCUT2D eigenvalue weighted by Crippen LogP contribution is -2.57. The maximum Gasteiger partial charge on any atom is 0.189 e. The molecule has 7 fully saturated rings. The molecule has 0 radical (unpaired) electrons. The van der Waals surface area contributed by atoms with Gasteiger partial charge in [0.15, 0.2) is 5.96 Å². The van der Waals surface area contributed by atoms with Crippen LogP contribution in [0.1, 0.15) is 120 Å². The van der Waals surface area contributed by atoms with Crippen molar-refractivity contribution in [3.8, 4) is 11.8 Å². The third-order valence-electron chi connectivity index (χ3n) is 18.3. The van der Waals surface area contributed by atoms with Gasteiger partial charge in [0, 0.05) is 60.2 Å². The molecular weight excluding hydrogens is 707 g/mol. The Morgan fingerprint density at radius 3 is 2.60 bits per heavy atom. The van der Waals surface area contributed by atoms with Gasteiger partial charge in [0.1, 0.15) is 0 Å². The standard InChI is InChI=1S/C49H63N5O3/c1-51-45(50)54-34-15-13-32-26-46-20-19-30(25-46)36(42-12-7-21-52-42)16-18-37(46)39(23-35-22-29-8-5-6-11-41(29)53-35)47(32)27-33-14-17-38(47)44-40(24-43(55)48(44,56)28-34)49(33,57)31-9-3-2-4-10-31/h5-8,11-12,21-22,30-34,36,38,40,43-44,52-53,55-57H,2-4,9-10,14,16-20,23-28H2,1H3,(H3,50,51,54). The van der Waals surface area contributed by atoms with Crippen LogP contribution in [0.5, 0.6) is 0 Å². The van der Waals surface area contributed by atoms with Gasteiger partial charge in [0.2, 0.25) is 0 Å². The minimum absolute atomic E-state index is 0.0627. The van der Waals surface area contributed by atoms with Gasteiger partial charge in [-0.3, -0.25) is 4.99 Å². The number of nitrogens with two attached hydrogens (primary N) is 1. The highest BCUT2D eigenvalue weighted by Crippen LogP contribution is 2.75. The van der Waals surface area contributed by atoms with E-state index in [0.29, 0.717) is 24.2 Å². The second-order valence-corrected chi connectivity index (χ2v) is 20.3. The minimum Gasteiger partial charge on any atom is -0.390 e. The van der Waals surface area contributed by atoms with Crippen molar-refractivity contribution in [2.24, 2.45) is 63.0 Å². The number of benzene rings is 1. The number of hydrogen-bond acceptors (Lipinski definition) is 4. The van der Waals surface area contributed by atoms with Crippen LogP contribution in [-0.4, -0.2) is 61.6 Å². The molecule has 2 spiro atoms. The largest absolute Gasteiger partial charge is 0.390 e. The lowest BCUT2D eigenvalue weighted by Gasteiger charge is -2.59. The number of aliphatic hydroxyl groups excluding tert-OH is 1. The Morgan fingerprint density at radius 2 is 1.79 bits per heavy atom. The zero-order chi connectivity index (χ0) is 38.7. The van der Waals surface area contributed by atoms with Gasteiger partial charge in [0.05, 0.1) is 23.3 Å². The van der Waals surface area contributed by atoms with Gasteiger partial charge in [-0.1, -0.05) is 60.4 Å².